The minimum Gasteiger partial charge on any atom is -0.466 e. The van der Waals surface area contributed by atoms with E-state index in [0.29, 0.717) is 32.4 Å². The number of unbranched alkanes of at least 4 members (excludes halogenated alkanes) is 2. The van der Waals surface area contributed by atoms with E-state index >= 15 is 0 Å². The zero-order chi connectivity index (χ0) is 26.0. The van der Waals surface area contributed by atoms with E-state index in [4.69, 9.17) is 9.47 Å². The van der Waals surface area contributed by atoms with Crippen LogP contribution < -0.4 is 0 Å². The van der Waals surface area contributed by atoms with Gasteiger partial charge < -0.3 is 24.4 Å². The Morgan fingerprint density at radius 1 is 1.34 bits per heavy atom. The monoisotopic (exact) mass is 492 g/mol. The topological polar surface area (TPSA) is 96.4 Å². The highest BCUT2D eigenvalue weighted by Crippen LogP contribution is 2.65. The van der Waals surface area contributed by atoms with Crippen LogP contribution in [0.4, 0.5) is 0 Å². The molecule has 3 aliphatic heterocycles. The molecule has 2 bridgehead atoms. The summed E-state index contributed by atoms with van der Waals surface area (Å²) < 4.78 is 12.1. The van der Waals surface area contributed by atoms with Crippen molar-refractivity contribution in [1.82, 2.24) is 9.80 Å². The highest BCUT2D eigenvalue weighted by molar-refractivity contribution is 5.98. The smallest absolute Gasteiger partial charge is 0.312 e. The highest BCUT2D eigenvalue weighted by Gasteiger charge is 2.80. The van der Waals surface area contributed by atoms with E-state index in [2.05, 4.69) is 13.5 Å². The Morgan fingerprint density at radius 2 is 2.06 bits per heavy atom. The van der Waals surface area contributed by atoms with E-state index in [0.717, 1.165) is 19.3 Å². The summed E-state index contributed by atoms with van der Waals surface area (Å²) in [7, 11) is 0. The Balaban J connectivity index is 2.06. The minimum atomic E-state index is -1.05. The number of hydrogen-bond donors (Lipinski definition) is 1. The molecule has 0 aromatic heterocycles. The van der Waals surface area contributed by atoms with Crippen LogP contribution in [-0.4, -0.2) is 82.3 Å². The maximum atomic E-state index is 14.3. The van der Waals surface area contributed by atoms with Crippen LogP contribution in [0.25, 0.3) is 0 Å². The van der Waals surface area contributed by atoms with Gasteiger partial charge in [0.15, 0.2) is 0 Å². The molecule has 0 aromatic carbocycles. The Morgan fingerprint density at radius 3 is 2.66 bits per heavy atom. The van der Waals surface area contributed by atoms with E-state index < -0.39 is 35.0 Å². The van der Waals surface area contributed by atoms with Crippen molar-refractivity contribution in [2.75, 3.05) is 26.3 Å². The highest BCUT2D eigenvalue weighted by atomic mass is 16.6. The lowest BCUT2D eigenvalue weighted by Crippen LogP contribution is -2.58. The van der Waals surface area contributed by atoms with Crippen molar-refractivity contribution in [3.8, 4) is 0 Å². The third-order valence-corrected chi connectivity index (χ3v) is 8.49. The number of aliphatic hydroxyl groups excluding tert-OH is 1. The van der Waals surface area contributed by atoms with Crippen LogP contribution in [0.3, 0.4) is 0 Å². The fourth-order valence-corrected chi connectivity index (χ4v) is 6.78. The number of hydrogen-bond acceptors (Lipinski definition) is 6. The molecule has 0 aromatic rings. The first-order valence-corrected chi connectivity index (χ1v) is 13.3. The Labute approximate surface area is 210 Å². The first-order valence-electron chi connectivity index (χ1n) is 13.3. The molecule has 0 saturated carbocycles. The molecule has 0 aliphatic carbocycles. The van der Waals surface area contributed by atoms with Gasteiger partial charge in [-0.1, -0.05) is 26.3 Å². The number of nitrogens with zero attached hydrogens (tertiary/aromatic N) is 2. The molecule has 198 valence electrons. The lowest BCUT2D eigenvalue weighted by molar-refractivity contribution is -0.162. The molecule has 0 radical (unpaired) electrons. The van der Waals surface area contributed by atoms with E-state index in [1.165, 1.54) is 0 Å². The van der Waals surface area contributed by atoms with Gasteiger partial charge in [0.1, 0.15) is 17.6 Å². The van der Waals surface area contributed by atoms with E-state index in [9.17, 15) is 19.5 Å². The van der Waals surface area contributed by atoms with Crippen molar-refractivity contribution in [2.24, 2.45) is 17.8 Å². The van der Waals surface area contributed by atoms with Gasteiger partial charge in [-0.2, -0.15) is 0 Å². The van der Waals surface area contributed by atoms with Gasteiger partial charge >= 0.3 is 5.97 Å². The summed E-state index contributed by atoms with van der Waals surface area (Å²) in [4.78, 5) is 44.9. The van der Waals surface area contributed by atoms with Crippen molar-refractivity contribution in [2.45, 2.75) is 96.4 Å². The number of fused-ring (bicyclic) bond motifs is 1. The number of rotatable bonds is 13. The number of carbonyl (C=O) groups is 3. The van der Waals surface area contributed by atoms with Gasteiger partial charge in [0.05, 0.1) is 18.1 Å². The van der Waals surface area contributed by atoms with Crippen molar-refractivity contribution in [1.29, 1.82) is 0 Å². The first-order chi connectivity index (χ1) is 16.6. The van der Waals surface area contributed by atoms with Crippen molar-refractivity contribution in [3.63, 3.8) is 0 Å². The molecule has 7 atom stereocenters. The summed E-state index contributed by atoms with van der Waals surface area (Å²) >= 11 is 0. The van der Waals surface area contributed by atoms with Crippen molar-refractivity contribution >= 4 is 17.8 Å². The summed E-state index contributed by atoms with van der Waals surface area (Å²) in [5.74, 6) is -2.23. The van der Waals surface area contributed by atoms with Gasteiger partial charge in [-0.05, 0) is 58.8 Å². The molecule has 3 rings (SSSR count). The molecule has 8 nitrogen and oxygen atoms in total. The number of likely N-dealkylation sites (tertiary alicyclic amines) is 1. The number of aliphatic hydroxyl groups is 1. The standard InChI is InChI=1S/C27H44N2O6/c1-7-13-19(5)28(14-8-2)24(32)22-27-17-18(4)26(6,35-27)21(25(33)34-9-3)20(27)23(31)29(22)15-11-10-12-16-30/h8,18-22,30H,2,7,9-17H2,1,3-6H3/t18?,19?,20-,21-,22?,26+,27?/m0/s1. The quantitative estimate of drug-likeness (QED) is 0.241. The number of esters is 1. The van der Waals surface area contributed by atoms with Gasteiger partial charge in [-0.15, -0.1) is 6.58 Å². The molecule has 2 amide bonds. The molecule has 1 N–H and O–H groups in total. The van der Waals surface area contributed by atoms with Crippen LogP contribution >= 0.6 is 0 Å². The van der Waals surface area contributed by atoms with Crippen LogP contribution in [0.2, 0.25) is 0 Å². The van der Waals surface area contributed by atoms with Crippen LogP contribution in [0.15, 0.2) is 12.7 Å². The lowest BCUT2D eigenvalue weighted by atomic mass is 9.62. The zero-order valence-corrected chi connectivity index (χ0v) is 22.1. The average Bonchev–Trinajstić information content (AvgIpc) is 3.32. The van der Waals surface area contributed by atoms with E-state index in [1.807, 2.05) is 25.7 Å². The van der Waals surface area contributed by atoms with Crippen LogP contribution in [0.5, 0.6) is 0 Å². The Bertz CT molecular complexity index is 817. The predicted octanol–water partition coefficient (Wildman–Crippen LogP) is 2.93. The summed E-state index contributed by atoms with van der Waals surface area (Å²) in [6.45, 7) is 14.8. The Kier molecular flexibility index (Phi) is 8.69. The fourth-order valence-electron chi connectivity index (χ4n) is 6.78. The normalized spacial score (nSPS) is 34.1. The van der Waals surface area contributed by atoms with Gasteiger partial charge in [0, 0.05) is 25.7 Å². The van der Waals surface area contributed by atoms with Gasteiger partial charge in [-0.3, -0.25) is 14.4 Å². The second kappa shape index (κ2) is 11.0. The fraction of sp³-hybridized carbons (Fsp3) is 0.815. The molecular formula is C27H44N2O6. The Hall–Kier alpha value is -1.93. The second-order valence-electron chi connectivity index (χ2n) is 10.7. The maximum Gasteiger partial charge on any atom is 0.312 e. The van der Waals surface area contributed by atoms with Crippen LogP contribution in [-0.2, 0) is 23.9 Å². The zero-order valence-electron chi connectivity index (χ0n) is 22.1. The van der Waals surface area contributed by atoms with Crippen molar-refractivity contribution in [3.05, 3.63) is 12.7 Å². The van der Waals surface area contributed by atoms with Gasteiger partial charge in [0.2, 0.25) is 11.8 Å². The summed E-state index contributed by atoms with van der Waals surface area (Å²) in [6.07, 6.45) is 6.10. The number of amides is 2. The number of ether oxygens (including phenoxy) is 2. The SMILES string of the molecule is C=CCN(C(=O)C1N(CCCCCO)C(=O)[C@@H]2[C@@H](C(=O)OCC)[C@]3(C)OC12CC3C)C(C)CCC. The molecular weight excluding hydrogens is 448 g/mol. The molecule has 3 aliphatic rings. The van der Waals surface area contributed by atoms with Crippen molar-refractivity contribution < 1.29 is 29.0 Å². The minimum absolute atomic E-state index is 0.00786. The molecule has 3 saturated heterocycles. The molecule has 4 unspecified atom stereocenters. The molecule has 3 fully saturated rings. The third kappa shape index (κ3) is 4.52. The van der Waals surface area contributed by atoms with E-state index in [-0.39, 0.29) is 37.0 Å². The largest absolute Gasteiger partial charge is 0.466 e. The summed E-state index contributed by atoms with van der Waals surface area (Å²) in [6, 6.07) is -0.808. The second-order valence-corrected chi connectivity index (χ2v) is 10.7. The van der Waals surface area contributed by atoms with Crippen LogP contribution in [0.1, 0.15) is 73.1 Å². The van der Waals surface area contributed by atoms with Gasteiger partial charge in [0.25, 0.3) is 0 Å². The molecule has 3 heterocycles. The third-order valence-electron chi connectivity index (χ3n) is 8.49. The maximum absolute atomic E-state index is 14.3. The molecule has 35 heavy (non-hydrogen) atoms. The summed E-state index contributed by atoms with van der Waals surface area (Å²) in [5, 5.41) is 9.19. The predicted molar refractivity (Wildman–Crippen MR) is 132 cm³/mol. The van der Waals surface area contributed by atoms with Gasteiger partial charge in [-0.25, -0.2) is 0 Å². The first kappa shape index (κ1) is 27.7. The lowest BCUT2D eigenvalue weighted by Gasteiger charge is -2.39. The molecule has 1 spiro atoms. The molecule has 8 heteroatoms. The number of carbonyl (C=O) groups excluding carboxylic acids is 3. The summed E-state index contributed by atoms with van der Waals surface area (Å²) in [5.41, 5.74) is -1.91. The van der Waals surface area contributed by atoms with Crippen LogP contribution in [0, 0.1) is 17.8 Å². The average molecular weight is 493 g/mol. The van der Waals surface area contributed by atoms with E-state index in [1.54, 1.807) is 17.9 Å².